The van der Waals surface area contributed by atoms with Crippen molar-refractivity contribution >= 4 is 23.4 Å². The van der Waals surface area contributed by atoms with Crippen LogP contribution in [-0.4, -0.2) is 25.8 Å². The van der Waals surface area contributed by atoms with Gasteiger partial charge >= 0.3 is 5.97 Å². The lowest BCUT2D eigenvalue weighted by molar-refractivity contribution is 0.0698. The molecule has 6 nitrogen and oxygen atoms in total. The lowest BCUT2D eigenvalue weighted by Crippen LogP contribution is -2.02. The highest BCUT2D eigenvalue weighted by Crippen LogP contribution is 2.27. The van der Waals surface area contributed by atoms with Gasteiger partial charge in [0.2, 0.25) is 0 Å². The fourth-order valence-electron chi connectivity index (χ4n) is 1.27. The Morgan fingerprint density at radius 3 is 2.88 bits per heavy atom. The average molecular weight is 250 g/mol. The Morgan fingerprint density at radius 2 is 2.29 bits per heavy atom. The lowest BCUT2D eigenvalue weighted by atomic mass is 10.2. The molecule has 0 fully saturated rings. The number of hydrogen-bond acceptors (Lipinski definition) is 5. The van der Waals surface area contributed by atoms with Gasteiger partial charge in [-0.25, -0.2) is 14.5 Å². The van der Waals surface area contributed by atoms with E-state index in [-0.39, 0.29) is 11.3 Å². The molecule has 0 aliphatic rings. The van der Waals surface area contributed by atoms with E-state index >= 15 is 0 Å². The van der Waals surface area contributed by atoms with Gasteiger partial charge < -0.3 is 10.8 Å². The number of rotatable bonds is 3. The SMILES string of the molecule is Cn1ncnc1Sc1ccc(N)c(C(=O)O)c1. The Morgan fingerprint density at radius 1 is 1.53 bits per heavy atom. The molecule has 1 aromatic heterocycles. The van der Waals surface area contributed by atoms with Gasteiger partial charge in [-0.1, -0.05) is 11.8 Å². The minimum absolute atomic E-state index is 0.0946. The van der Waals surface area contributed by atoms with Gasteiger partial charge in [-0.15, -0.1) is 0 Å². The van der Waals surface area contributed by atoms with E-state index in [2.05, 4.69) is 10.1 Å². The molecule has 2 aromatic rings. The van der Waals surface area contributed by atoms with Crippen LogP contribution < -0.4 is 5.73 Å². The summed E-state index contributed by atoms with van der Waals surface area (Å²) in [6.07, 6.45) is 1.44. The number of anilines is 1. The van der Waals surface area contributed by atoms with Gasteiger partial charge in [0, 0.05) is 17.6 Å². The van der Waals surface area contributed by atoms with Crippen LogP contribution in [-0.2, 0) is 7.05 Å². The molecule has 3 N–H and O–H groups in total. The first-order chi connectivity index (χ1) is 8.08. The van der Waals surface area contributed by atoms with Crippen LogP contribution in [0.2, 0.25) is 0 Å². The van der Waals surface area contributed by atoms with Crippen LogP contribution in [0.15, 0.2) is 34.6 Å². The van der Waals surface area contributed by atoms with Crippen molar-refractivity contribution in [1.29, 1.82) is 0 Å². The van der Waals surface area contributed by atoms with Crippen LogP contribution >= 0.6 is 11.8 Å². The van der Waals surface area contributed by atoms with Crippen LogP contribution in [0, 0.1) is 0 Å². The summed E-state index contributed by atoms with van der Waals surface area (Å²) in [7, 11) is 1.77. The molecule has 0 spiro atoms. The Hall–Kier alpha value is -2.02. The molecule has 0 saturated carbocycles. The zero-order valence-electron chi connectivity index (χ0n) is 8.99. The summed E-state index contributed by atoms with van der Waals surface area (Å²) >= 11 is 1.33. The van der Waals surface area contributed by atoms with Gasteiger partial charge in [-0.05, 0) is 18.2 Å². The first-order valence-corrected chi connectivity index (χ1v) is 5.54. The summed E-state index contributed by atoms with van der Waals surface area (Å²) in [6, 6.07) is 4.85. The van der Waals surface area contributed by atoms with Gasteiger partial charge in [0.1, 0.15) is 6.33 Å². The number of carboxylic acid groups (broad SMARTS) is 1. The van der Waals surface area contributed by atoms with Crippen molar-refractivity contribution < 1.29 is 9.90 Å². The number of carbonyl (C=O) groups is 1. The van der Waals surface area contributed by atoms with Gasteiger partial charge in [-0.3, -0.25) is 0 Å². The normalized spacial score (nSPS) is 10.4. The van der Waals surface area contributed by atoms with Crippen molar-refractivity contribution in [2.45, 2.75) is 10.1 Å². The number of aromatic nitrogens is 3. The Labute approximate surface area is 101 Å². The molecule has 88 valence electrons. The summed E-state index contributed by atoms with van der Waals surface area (Å²) in [5, 5.41) is 13.6. The third-order valence-electron chi connectivity index (χ3n) is 2.13. The van der Waals surface area contributed by atoms with Crippen LogP contribution in [0.3, 0.4) is 0 Å². The largest absolute Gasteiger partial charge is 0.478 e. The third kappa shape index (κ3) is 2.39. The van der Waals surface area contributed by atoms with E-state index in [0.717, 1.165) is 4.90 Å². The topological polar surface area (TPSA) is 94.0 Å². The second-order valence-corrected chi connectivity index (χ2v) is 4.36. The number of nitrogens with zero attached hydrogens (tertiary/aromatic N) is 3. The number of benzene rings is 1. The second kappa shape index (κ2) is 4.46. The minimum atomic E-state index is -1.04. The molecular weight excluding hydrogens is 240 g/mol. The molecule has 1 heterocycles. The number of aryl methyl sites for hydroxylation is 1. The van der Waals surface area contributed by atoms with Crippen LogP contribution in [0.1, 0.15) is 10.4 Å². The molecule has 0 atom stereocenters. The molecule has 7 heteroatoms. The molecule has 1 aromatic carbocycles. The number of aromatic carboxylic acids is 1. The lowest BCUT2D eigenvalue weighted by Gasteiger charge is -2.04. The molecule has 2 rings (SSSR count). The zero-order chi connectivity index (χ0) is 12.4. The van der Waals surface area contributed by atoms with E-state index in [4.69, 9.17) is 10.8 Å². The highest BCUT2D eigenvalue weighted by atomic mass is 32.2. The molecule has 0 amide bonds. The summed E-state index contributed by atoms with van der Waals surface area (Å²) in [5.74, 6) is -1.04. The molecule has 0 aliphatic heterocycles. The number of hydrogen-bond donors (Lipinski definition) is 2. The summed E-state index contributed by atoms with van der Waals surface area (Å²) in [4.78, 5) is 15.7. The van der Waals surface area contributed by atoms with Crippen molar-refractivity contribution in [3.05, 3.63) is 30.1 Å². The zero-order valence-corrected chi connectivity index (χ0v) is 9.81. The molecular formula is C10H10N4O2S. The summed E-state index contributed by atoms with van der Waals surface area (Å²) in [6.45, 7) is 0. The van der Waals surface area contributed by atoms with Crippen molar-refractivity contribution in [3.8, 4) is 0 Å². The first-order valence-electron chi connectivity index (χ1n) is 4.72. The van der Waals surface area contributed by atoms with Gasteiger partial charge in [0.05, 0.1) is 5.56 Å². The minimum Gasteiger partial charge on any atom is -0.478 e. The smallest absolute Gasteiger partial charge is 0.337 e. The van der Waals surface area contributed by atoms with Gasteiger partial charge in [0.15, 0.2) is 5.16 Å². The number of nitrogens with two attached hydrogens (primary N) is 1. The van der Waals surface area contributed by atoms with Crippen LogP contribution in [0.25, 0.3) is 0 Å². The van der Waals surface area contributed by atoms with Crippen LogP contribution in [0.5, 0.6) is 0 Å². The fourth-order valence-corrected chi connectivity index (χ4v) is 2.07. The van der Waals surface area contributed by atoms with E-state index in [1.165, 1.54) is 24.2 Å². The highest BCUT2D eigenvalue weighted by molar-refractivity contribution is 7.99. The van der Waals surface area contributed by atoms with Gasteiger partial charge in [0.25, 0.3) is 0 Å². The van der Waals surface area contributed by atoms with Gasteiger partial charge in [-0.2, -0.15) is 5.10 Å². The predicted molar refractivity (Wildman–Crippen MR) is 62.9 cm³/mol. The Bertz CT molecular complexity index is 567. The van der Waals surface area contributed by atoms with Crippen molar-refractivity contribution in [2.75, 3.05) is 5.73 Å². The average Bonchev–Trinajstić information content (AvgIpc) is 2.67. The summed E-state index contributed by atoms with van der Waals surface area (Å²) in [5.41, 5.74) is 5.91. The van der Waals surface area contributed by atoms with E-state index in [1.807, 2.05) is 0 Å². The molecule has 0 bridgehead atoms. The maximum absolute atomic E-state index is 10.9. The van der Waals surface area contributed by atoms with Crippen molar-refractivity contribution in [1.82, 2.24) is 14.8 Å². The van der Waals surface area contributed by atoms with Crippen molar-refractivity contribution in [2.24, 2.45) is 7.05 Å². The van der Waals surface area contributed by atoms with E-state index < -0.39 is 5.97 Å². The highest BCUT2D eigenvalue weighted by Gasteiger charge is 2.10. The monoisotopic (exact) mass is 250 g/mol. The molecule has 0 radical (unpaired) electrons. The standard InChI is InChI=1S/C10H10N4O2S/c1-14-10(12-5-13-14)17-6-2-3-8(11)7(4-6)9(15)16/h2-5H,11H2,1H3,(H,15,16). The summed E-state index contributed by atoms with van der Waals surface area (Å²) < 4.78 is 1.61. The van der Waals surface area contributed by atoms with E-state index in [1.54, 1.807) is 23.9 Å². The van der Waals surface area contributed by atoms with E-state index in [0.29, 0.717) is 5.16 Å². The Kier molecular flexibility index (Phi) is 3.01. The molecule has 17 heavy (non-hydrogen) atoms. The quantitative estimate of drug-likeness (QED) is 0.796. The fraction of sp³-hybridized carbons (Fsp3) is 0.100. The Balaban J connectivity index is 2.32. The second-order valence-electron chi connectivity index (χ2n) is 3.32. The number of nitrogen functional groups attached to an aromatic ring is 1. The maximum atomic E-state index is 10.9. The van der Waals surface area contributed by atoms with Crippen molar-refractivity contribution in [3.63, 3.8) is 0 Å². The molecule has 0 unspecified atom stereocenters. The predicted octanol–water partition coefficient (Wildman–Crippen LogP) is 1.25. The maximum Gasteiger partial charge on any atom is 0.337 e. The number of carboxylic acids is 1. The first kappa shape index (κ1) is 11.5. The molecule has 0 saturated heterocycles. The van der Waals surface area contributed by atoms with E-state index in [9.17, 15) is 4.79 Å². The van der Waals surface area contributed by atoms with Crippen LogP contribution in [0.4, 0.5) is 5.69 Å². The third-order valence-corrected chi connectivity index (χ3v) is 3.18. The molecule has 0 aliphatic carbocycles.